The Hall–Kier alpha value is -3.09. The first-order chi connectivity index (χ1) is 13.1. The van der Waals surface area contributed by atoms with Gasteiger partial charge in [-0.1, -0.05) is 0 Å². The Kier molecular flexibility index (Phi) is 6.28. The van der Waals surface area contributed by atoms with Crippen molar-refractivity contribution in [3.63, 3.8) is 0 Å². The second-order valence-electron chi connectivity index (χ2n) is 5.38. The standard InChI is InChI=1S/C15H15F3N6O3S/c1-27-14-9(13(25)23-28(2)26)5-8(7-21-14)10(6-19)12(20)24-4-3-11(22-24)15(16,17)18/h3-7,10,19-20H,1-2H3,(H,23,25). The Balaban J connectivity index is 2.42. The smallest absolute Gasteiger partial charge is 0.435 e. The van der Waals surface area contributed by atoms with Gasteiger partial charge in [-0.3, -0.25) is 14.9 Å². The number of amides is 1. The molecule has 9 nitrogen and oxygen atoms in total. The molecule has 0 saturated carbocycles. The predicted molar refractivity (Wildman–Crippen MR) is 94.2 cm³/mol. The first-order valence-electron chi connectivity index (χ1n) is 7.49. The number of alkyl halides is 3. The SMILES string of the molecule is COc1ncc(C(C=N)C(=N)n2ccc(C(F)(F)F)n2)cc1C(=O)NS(C)=O. The quantitative estimate of drug-likeness (QED) is 0.486. The van der Waals surface area contributed by atoms with Gasteiger partial charge in [0.05, 0.1) is 13.0 Å². The van der Waals surface area contributed by atoms with Crippen molar-refractivity contribution >= 4 is 28.9 Å². The van der Waals surface area contributed by atoms with E-state index in [9.17, 15) is 22.2 Å². The normalized spacial score (nSPS) is 13.5. The largest absolute Gasteiger partial charge is 0.480 e. The van der Waals surface area contributed by atoms with Gasteiger partial charge in [-0.05, 0) is 17.7 Å². The van der Waals surface area contributed by atoms with E-state index >= 15 is 0 Å². The van der Waals surface area contributed by atoms with Crippen molar-refractivity contribution in [2.75, 3.05) is 13.4 Å². The third kappa shape index (κ3) is 4.60. The molecule has 3 N–H and O–H groups in total. The molecule has 2 atom stereocenters. The van der Waals surface area contributed by atoms with E-state index in [1.54, 1.807) is 0 Å². The summed E-state index contributed by atoms with van der Waals surface area (Å²) in [5.74, 6) is -2.44. The lowest BCUT2D eigenvalue weighted by Gasteiger charge is -2.15. The lowest BCUT2D eigenvalue weighted by molar-refractivity contribution is -0.141. The topological polar surface area (TPSA) is 134 Å². The van der Waals surface area contributed by atoms with Crippen molar-refractivity contribution in [1.82, 2.24) is 19.5 Å². The van der Waals surface area contributed by atoms with Crippen molar-refractivity contribution < 1.29 is 26.9 Å². The third-order valence-electron chi connectivity index (χ3n) is 3.49. The Morgan fingerprint density at radius 3 is 2.64 bits per heavy atom. The third-order valence-corrected chi connectivity index (χ3v) is 3.97. The molecular weight excluding hydrogens is 401 g/mol. The highest BCUT2D eigenvalue weighted by molar-refractivity contribution is 7.82. The lowest BCUT2D eigenvalue weighted by Crippen LogP contribution is -2.27. The number of carbonyl (C=O) groups is 1. The van der Waals surface area contributed by atoms with Crippen molar-refractivity contribution in [2.24, 2.45) is 0 Å². The molecular formula is C15H15F3N6O3S. The van der Waals surface area contributed by atoms with Crippen LogP contribution in [0.15, 0.2) is 24.5 Å². The minimum absolute atomic E-state index is 0.0830. The van der Waals surface area contributed by atoms with Gasteiger partial charge in [0.15, 0.2) is 5.69 Å². The molecule has 13 heteroatoms. The van der Waals surface area contributed by atoms with E-state index in [-0.39, 0.29) is 17.0 Å². The van der Waals surface area contributed by atoms with Crippen LogP contribution in [0.3, 0.4) is 0 Å². The van der Waals surface area contributed by atoms with Gasteiger partial charge in [0.2, 0.25) is 5.88 Å². The average Bonchev–Trinajstić information content (AvgIpc) is 3.12. The lowest BCUT2D eigenvalue weighted by atomic mass is 9.99. The van der Waals surface area contributed by atoms with Crippen LogP contribution in [0.25, 0.3) is 0 Å². The number of nitrogens with zero attached hydrogens (tertiary/aromatic N) is 3. The summed E-state index contributed by atoms with van der Waals surface area (Å²) in [6.45, 7) is 0. The van der Waals surface area contributed by atoms with Gasteiger partial charge < -0.3 is 10.1 Å². The van der Waals surface area contributed by atoms with E-state index in [0.717, 1.165) is 12.4 Å². The number of nitrogens with one attached hydrogen (secondary N) is 3. The fraction of sp³-hybridized carbons (Fsp3) is 0.267. The van der Waals surface area contributed by atoms with Crippen molar-refractivity contribution in [3.8, 4) is 5.88 Å². The zero-order chi connectivity index (χ0) is 21.1. The molecule has 2 unspecified atom stereocenters. The maximum Gasteiger partial charge on any atom is 0.435 e. The summed E-state index contributed by atoms with van der Waals surface area (Å²) in [7, 11) is -0.396. The van der Waals surface area contributed by atoms with Crippen LogP contribution in [-0.4, -0.2) is 50.3 Å². The first kappa shape index (κ1) is 21.2. The number of hydrogen-bond acceptors (Lipinski definition) is 7. The maximum absolute atomic E-state index is 12.7. The minimum Gasteiger partial charge on any atom is -0.480 e. The Morgan fingerprint density at radius 2 is 2.14 bits per heavy atom. The van der Waals surface area contributed by atoms with Gasteiger partial charge in [0.1, 0.15) is 22.4 Å². The van der Waals surface area contributed by atoms with Crippen LogP contribution in [0.5, 0.6) is 5.88 Å². The number of hydrogen-bond donors (Lipinski definition) is 3. The molecule has 0 radical (unpaired) electrons. The average molecular weight is 416 g/mol. The highest BCUT2D eigenvalue weighted by Gasteiger charge is 2.34. The van der Waals surface area contributed by atoms with Crippen LogP contribution in [0, 0.1) is 10.8 Å². The molecule has 0 spiro atoms. The zero-order valence-corrected chi connectivity index (χ0v) is 15.4. The van der Waals surface area contributed by atoms with Crippen LogP contribution in [-0.2, 0) is 17.2 Å². The molecule has 0 aliphatic heterocycles. The van der Waals surface area contributed by atoms with E-state index in [0.29, 0.717) is 10.7 Å². The second kappa shape index (κ2) is 8.29. The predicted octanol–water partition coefficient (Wildman–Crippen LogP) is 1.59. The van der Waals surface area contributed by atoms with Gasteiger partial charge in [0.25, 0.3) is 5.91 Å². The Morgan fingerprint density at radius 1 is 1.46 bits per heavy atom. The number of ether oxygens (including phenoxy) is 1. The monoisotopic (exact) mass is 416 g/mol. The molecule has 2 aromatic rings. The maximum atomic E-state index is 12.7. The highest BCUT2D eigenvalue weighted by atomic mass is 32.2. The van der Waals surface area contributed by atoms with E-state index < -0.39 is 40.5 Å². The Labute approximate surface area is 159 Å². The molecule has 28 heavy (non-hydrogen) atoms. The molecule has 2 rings (SSSR count). The molecule has 0 bridgehead atoms. The van der Waals surface area contributed by atoms with Crippen LogP contribution in [0.2, 0.25) is 0 Å². The summed E-state index contributed by atoms with van der Waals surface area (Å²) in [5.41, 5.74) is -1.12. The van der Waals surface area contributed by atoms with Crippen LogP contribution in [0.1, 0.15) is 27.5 Å². The molecule has 2 aromatic heterocycles. The van der Waals surface area contributed by atoms with Crippen LogP contribution in [0.4, 0.5) is 13.2 Å². The number of aromatic nitrogens is 3. The number of rotatable bonds is 6. The van der Waals surface area contributed by atoms with Gasteiger partial charge in [-0.25, -0.2) is 13.9 Å². The summed E-state index contributed by atoms with van der Waals surface area (Å²) < 4.78 is 57.2. The van der Waals surface area contributed by atoms with Gasteiger partial charge in [-0.2, -0.15) is 18.3 Å². The summed E-state index contributed by atoms with van der Waals surface area (Å²) in [5, 5.41) is 19.0. The molecule has 0 aromatic carbocycles. The first-order valence-corrected chi connectivity index (χ1v) is 9.05. The molecule has 150 valence electrons. The molecule has 0 aliphatic carbocycles. The summed E-state index contributed by atoms with van der Waals surface area (Å²) in [6.07, 6.45) is -0.452. The van der Waals surface area contributed by atoms with Crippen molar-refractivity contribution in [1.29, 1.82) is 10.8 Å². The zero-order valence-electron chi connectivity index (χ0n) is 14.6. The molecule has 1 amide bonds. The fourth-order valence-electron chi connectivity index (χ4n) is 2.23. The molecule has 0 saturated heterocycles. The van der Waals surface area contributed by atoms with Crippen LogP contribution >= 0.6 is 0 Å². The summed E-state index contributed by atoms with van der Waals surface area (Å²) in [4.78, 5) is 16.1. The van der Waals surface area contributed by atoms with E-state index in [1.165, 1.54) is 25.6 Å². The number of methoxy groups -OCH3 is 1. The minimum atomic E-state index is -4.67. The van der Waals surface area contributed by atoms with E-state index in [2.05, 4.69) is 14.8 Å². The van der Waals surface area contributed by atoms with Crippen molar-refractivity contribution in [3.05, 3.63) is 41.3 Å². The van der Waals surface area contributed by atoms with Crippen molar-refractivity contribution in [2.45, 2.75) is 12.1 Å². The Bertz CT molecular complexity index is 943. The highest BCUT2D eigenvalue weighted by Crippen LogP contribution is 2.28. The molecule has 2 heterocycles. The number of carbonyl (C=O) groups excluding carboxylic acids is 1. The summed E-state index contributed by atoms with van der Waals surface area (Å²) in [6, 6.07) is 1.96. The van der Waals surface area contributed by atoms with Gasteiger partial charge in [0, 0.05) is 24.9 Å². The van der Waals surface area contributed by atoms with E-state index in [4.69, 9.17) is 15.6 Å². The number of halogens is 3. The molecule has 0 fully saturated rings. The molecule has 0 aliphatic rings. The van der Waals surface area contributed by atoms with Gasteiger partial charge in [-0.15, -0.1) is 0 Å². The van der Waals surface area contributed by atoms with E-state index in [1.807, 2.05) is 0 Å². The fourth-order valence-corrected chi connectivity index (χ4v) is 2.61. The van der Waals surface area contributed by atoms with Crippen LogP contribution < -0.4 is 9.46 Å². The summed E-state index contributed by atoms with van der Waals surface area (Å²) >= 11 is 0. The van der Waals surface area contributed by atoms with Gasteiger partial charge >= 0.3 is 6.18 Å². The number of pyridine rings is 1. The second-order valence-corrected chi connectivity index (χ2v) is 6.50.